The maximum atomic E-state index is 12.5. The topological polar surface area (TPSA) is 53.7 Å². The number of carbonyl (C=O) groups excluding carboxylic acids is 1. The van der Waals surface area contributed by atoms with Crippen LogP contribution >= 0.6 is 11.3 Å². The van der Waals surface area contributed by atoms with E-state index < -0.39 is 0 Å². The lowest BCUT2D eigenvalue weighted by molar-refractivity contribution is 0.0746. The van der Waals surface area contributed by atoms with Crippen LogP contribution in [0.1, 0.15) is 16.1 Å². The first kappa shape index (κ1) is 14.2. The molecule has 1 aliphatic rings. The van der Waals surface area contributed by atoms with E-state index in [0.29, 0.717) is 13.1 Å². The summed E-state index contributed by atoms with van der Waals surface area (Å²) in [4.78, 5) is 22.0. The number of piperazine rings is 1. The Kier molecular flexibility index (Phi) is 3.49. The summed E-state index contributed by atoms with van der Waals surface area (Å²) in [6.07, 6.45) is 1.94. The van der Waals surface area contributed by atoms with Crippen molar-refractivity contribution < 1.29 is 4.79 Å². The van der Waals surface area contributed by atoms with Crippen LogP contribution in [0.4, 0.5) is 5.13 Å². The van der Waals surface area contributed by atoms with E-state index >= 15 is 0 Å². The normalized spacial score (nSPS) is 15.3. The predicted molar refractivity (Wildman–Crippen MR) is 90.2 cm³/mol. The number of aryl methyl sites for hydroxylation is 1. The maximum absolute atomic E-state index is 12.5. The average molecular weight is 327 g/mol. The van der Waals surface area contributed by atoms with Crippen molar-refractivity contribution in [3.8, 4) is 0 Å². The smallest absolute Gasteiger partial charge is 0.253 e. The molecule has 4 rings (SSSR count). The van der Waals surface area contributed by atoms with Gasteiger partial charge in [-0.25, -0.2) is 9.50 Å². The van der Waals surface area contributed by atoms with E-state index in [0.717, 1.165) is 34.4 Å². The first-order chi connectivity index (χ1) is 11.2. The van der Waals surface area contributed by atoms with Gasteiger partial charge in [-0.1, -0.05) is 29.5 Å². The molecule has 2 aromatic heterocycles. The molecular formula is C16H17N5OS. The van der Waals surface area contributed by atoms with Crippen LogP contribution in [-0.4, -0.2) is 51.6 Å². The molecule has 23 heavy (non-hydrogen) atoms. The molecule has 0 atom stereocenters. The Hall–Kier alpha value is -2.41. The van der Waals surface area contributed by atoms with Crippen molar-refractivity contribution in [2.75, 3.05) is 31.1 Å². The van der Waals surface area contributed by atoms with Gasteiger partial charge in [-0.3, -0.25) is 4.79 Å². The van der Waals surface area contributed by atoms with Crippen LogP contribution in [0.2, 0.25) is 0 Å². The number of nitrogens with zero attached hydrogens (tertiary/aromatic N) is 5. The summed E-state index contributed by atoms with van der Waals surface area (Å²) in [6, 6.07) is 9.46. The van der Waals surface area contributed by atoms with Crippen molar-refractivity contribution >= 4 is 27.3 Å². The van der Waals surface area contributed by atoms with Crippen LogP contribution < -0.4 is 4.90 Å². The molecule has 1 amide bonds. The van der Waals surface area contributed by atoms with Crippen molar-refractivity contribution in [1.29, 1.82) is 0 Å². The second-order valence-electron chi connectivity index (χ2n) is 5.64. The molecule has 1 saturated heterocycles. The first-order valence-electron chi connectivity index (χ1n) is 7.63. The highest BCUT2D eigenvalue weighted by molar-refractivity contribution is 7.20. The van der Waals surface area contributed by atoms with Gasteiger partial charge in [0.15, 0.2) is 0 Å². The summed E-state index contributed by atoms with van der Waals surface area (Å²) in [5, 5.41) is 5.55. The molecule has 0 bridgehead atoms. The Labute approximate surface area is 138 Å². The van der Waals surface area contributed by atoms with Gasteiger partial charge in [-0.2, -0.15) is 0 Å². The van der Waals surface area contributed by atoms with Gasteiger partial charge in [-0.15, -0.1) is 5.10 Å². The van der Waals surface area contributed by atoms with Crippen LogP contribution in [0.3, 0.4) is 0 Å². The van der Waals surface area contributed by atoms with Gasteiger partial charge in [0.1, 0.15) is 0 Å². The summed E-state index contributed by atoms with van der Waals surface area (Å²) in [6.45, 7) is 5.00. The Bertz CT molecular complexity index is 801. The Morgan fingerprint density at radius 3 is 2.57 bits per heavy atom. The third-order valence-electron chi connectivity index (χ3n) is 4.01. The second-order valence-corrected chi connectivity index (χ2v) is 6.57. The van der Waals surface area contributed by atoms with Gasteiger partial charge in [-0.05, 0) is 19.1 Å². The van der Waals surface area contributed by atoms with E-state index in [2.05, 4.69) is 15.0 Å². The highest BCUT2D eigenvalue weighted by Crippen LogP contribution is 2.24. The fourth-order valence-corrected chi connectivity index (χ4v) is 3.77. The van der Waals surface area contributed by atoms with E-state index in [1.165, 1.54) is 0 Å². The molecule has 1 fully saturated rings. The van der Waals surface area contributed by atoms with E-state index in [1.54, 1.807) is 11.3 Å². The van der Waals surface area contributed by atoms with Crippen molar-refractivity contribution in [2.24, 2.45) is 0 Å². The highest BCUT2D eigenvalue weighted by Gasteiger charge is 2.24. The number of benzene rings is 1. The van der Waals surface area contributed by atoms with Gasteiger partial charge in [0.05, 0.1) is 11.9 Å². The molecule has 0 saturated carbocycles. The van der Waals surface area contributed by atoms with Crippen molar-refractivity contribution in [3.63, 3.8) is 0 Å². The number of amides is 1. The fraction of sp³-hybridized carbons (Fsp3) is 0.312. The van der Waals surface area contributed by atoms with Gasteiger partial charge < -0.3 is 9.80 Å². The monoisotopic (exact) mass is 327 g/mol. The Morgan fingerprint density at radius 2 is 1.87 bits per heavy atom. The minimum Gasteiger partial charge on any atom is -0.343 e. The minimum absolute atomic E-state index is 0.106. The molecule has 3 heterocycles. The first-order valence-corrected chi connectivity index (χ1v) is 8.44. The zero-order chi connectivity index (χ0) is 15.8. The van der Waals surface area contributed by atoms with E-state index in [4.69, 9.17) is 0 Å². The maximum Gasteiger partial charge on any atom is 0.253 e. The number of anilines is 1. The average Bonchev–Trinajstić information content (AvgIpc) is 3.12. The number of hydrogen-bond donors (Lipinski definition) is 0. The Morgan fingerprint density at radius 1 is 1.13 bits per heavy atom. The highest BCUT2D eigenvalue weighted by atomic mass is 32.1. The van der Waals surface area contributed by atoms with Crippen molar-refractivity contribution in [1.82, 2.24) is 19.5 Å². The molecule has 0 N–H and O–H groups in total. The molecule has 7 heteroatoms. The lowest BCUT2D eigenvalue weighted by Crippen LogP contribution is -2.48. The molecule has 118 valence electrons. The van der Waals surface area contributed by atoms with E-state index in [9.17, 15) is 4.79 Å². The summed E-state index contributed by atoms with van der Waals surface area (Å²) in [5.41, 5.74) is 1.73. The van der Waals surface area contributed by atoms with Gasteiger partial charge in [0.2, 0.25) is 10.1 Å². The zero-order valence-corrected chi connectivity index (χ0v) is 13.7. The second kappa shape index (κ2) is 5.66. The number of fused-ring (bicyclic) bond motifs is 1. The van der Waals surface area contributed by atoms with Gasteiger partial charge >= 0.3 is 0 Å². The van der Waals surface area contributed by atoms with Crippen LogP contribution in [0.15, 0.2) is 36.5 Å². The zero-order valence-electron chi connectivity index (χ0n) is 12.8. The molecule has 0 spiro atoms. The lowest BCUT2D eigenvalue weighted by Gasteiger charge is -2.34. The lowest BCUT2D eigenvalue weighted by atomic mass is 10.2. The van der Waals surface area contributed by atoms with Gasteiger partial charge in [0, 0.05) is 31.7 Å². The molecule has 0 unspecified atom stereocenters. The quantitative estimate of drug-likeness (QED) is 0.723. The summed E-state index contributed by atoms with van der Waals surface area (Å²) >= 11 is 1.59. The number of hydrogen-bond acceptors (Lipinski definition) is 5. The molecule has 0 aliphatic carbocycles. The standard InChI is InChI=1S/C16H17N5OS/c1-12-11-21-15(17-12)23-16(18-21)20-9-7-19(8-10-20)14(22)13-5-3-2-4-6-13/h2-6,11H,7-10H2,1H3. The summed E-state index contributed by atoms with van der Waals surface area (Å²) < 4.78 is 1.83. The molecule has 1 aromatic carbocycles. The molecule has 6 nitrogen and oxygen atoms in total. The van der Waals surface area contributed by atoms with Crippen LogP contribution in [0, 0.1) is 6.92 Å². The largest absolute Gasteiger partial charge is 0.343 e. The van der Waals surface area contributed by atoms with E-state index in [1.807, 2.05) is 52.9 Å². The van der Waals surface area contributed by atoms with Crippen LogP contribution in [-0.2, 0) is 0 Å². The molecule has 0 radical (unpaired) electrons. The van der Waals surface area contributed by atoms with Crippen molar-refractivity contribution in [2.45, 2.75) is 6.92 Å². The van der Waals surface area contributed by atoms with Crippen LogP contribution in [0.5, 0.6) is 0 Å². The number of aromatic nitrogens is 3. The van der Waals surface area contributed by atoms with Crippen LogP contribution in [0.25, 0.3) is 4.96 Å². The summed E-state index contributed by atoms with van der Waals surface area (Å²) in [7, 11) is 0. The summed E-state index contributed by atoms with van der Waals surface area (Å²) in [5.74, 6) is 0.106. The SMILES string of the molecule is Cc1cn2nc(N3CCN(C(=O)c4ccccc4)CC3)sc2n1. The predicted octanol–water partition coefficient (Wildman–Crippen LogP) is 2.06. The third kappa shape index (κ3) is 2.68. The molecule has 3 aromatic rings. The van der Waals surface area contributed by atoms with E-state index in [-0.39, 0.29) is 5.91 Å². The minimum atomic E-state index is 0.106. The van der Waals surface area contributed by atoms with Gasteiger partial charge in [0.25, 0.3) is 5.91 Å². The Balaban J connectivity index is 1.44. The third-order valence-corrected chi connectivity index (χ3v) is 4.99. The number of rotatable bonds is 2. The molecular weight excluding hydrogens is 310 g/mol. The number of carbonyl (C=O) groups is 1. The molecule has 1 aliphatic heterocycles. The number of imidazole rings is 1. The fourth-order valence-electron chi connectivity index (χ4n) is 2.79. The van der Waals surface area contributed by atoms with Crippen molar-refractivity contribution in [3.05, 3.63) is 47.8 Å².